The molecular formula is C16H23NO. The molecule has 1 atom stereocenters. The molecule has 1 unspecified atom stereocenters. The first-order valence-electron chi connectivity index (χ1n) is 7.11. The van der Waals surface area contributed by atoms with Crippen molar-refractivity contribution in [3.63, 3.8) is 0 Å². The second-order valence-corrected chi connectivity index (χ2v) is 5.14. The molecule has 18 heavy (non-hydrogen) atoms. The van der Waals surface area contributed by atoms with E-state index in [0.29, 0.717) is 18.4 Å². The van der Waals surface area contributed by atoms with Crippen LogP contribution < -0.4 is 0 Å². The van der Waals surface area contributed by atoms with Gasteiger partial charge >= 0.3 is 0 Å². The first kappa shape index (κ1) is 13.1. The van der Waals surface area contributed by atoms with Gasteiger partial charge < -0.3 is 4.90 Å². The van der Waals surface area contributed by atoms with Gasteiger partial charge in [-0.2, -0.15) is 0 Å². The zero-order valence-electron chi connectivity index (χ0n) is 11.5. The lowest BCUT2D eigenvalue weighted by atomic mass is 10.1. The van der Waals surface area contributed by atoms with Crippen molar-refractivity contribution in [2.75, 3.05) is 6.54 Å². The highest BCUT2D eigenvalue weighted by Crippen LogP contribution is 2.21. The Morgan fingerprint density at radius 1 is 1.33 bits per heavy atom. The number of rotatable bonds is 4. The second kappa shape index (κ2) is 6.03. The molecule has 0 bridgehead atoms. The Hall–Kier alpha value is -1.31. The van der Waals surface area contributed by atoms with Gasteiger partial charge in [0.25, 0.3) is 0 Å². The molecule has 1 aliphatic heterocycles. The third kappa shape index (κ3) is 2.92. The van der Waals surface area contributed by atoms with Gasteiger partial charge in [-0.25, -0.2) is 0 Å². The van der Waals surface area contributed by atoms with Gasteiger partial charge in [-0.05, 0) is 36.8 Å². The number of likely N-dealkylation sites (tertiary alicyclic amines) is 1. The maximum Gasteiger partial charge on any atom is 0.227 e. The van der Waals surface area contributed by atoms with Crippen molar-refractivity contribution in [3.05, 3.63) is 35.4 Å². The first-order chi connectivity index (χ1) is 8.74. The van der Waals surface area contributed by atoms with E-state index in [0.717, 1.165) is 24.9 Å². The van der Waals surface area contributed by atoms with E-state index in [2.05, 4.69) is 43.0 Å². The molecule has 1 aliphatic rings. The predicted octanol–water partition coefficient (Wildman–Crippen LogP) is 3.19. The molecule has 98 valence electrons. The molecule has 1 aromatic rings. The normalized spacial score (nSPS) is 19.2. The van der Waals surface area contributed by atoms with Crippen molar-refractivity contribution in [1.82, 2.24) is 4.90 Å². The fraction of sp³-hybridized carbons (Fsp3) is 0.562. The van der Waals surface area contributed by atoms with Crippen molar-refractivity contribution in [2.45, 2.75) is 52.0 Å². The van der Waals surface area contributed by atoms with Gasteiger partial charge in [0.05, 0.1) is 6.42 Å². The summed E-state index contributed by atoms with van der Waals surface area (Å²) in [5.74, 6) is 0.299. The highest BCUT2D eigenvalue weighted by Gasteiger charge is 2.26. The molecule has 0 N–H and O–H groups in total. The van der Waals surface area contributed by atoms with Crippen LogP contribution in [0.3, 0.4) is 0 Å². The van der Waals surface area contributed by atoms with Crippen LogP contribution in [0.25, 0.3) is 0 Å². The van der Waals surface area contributed by atoms with Crippen LogP contribution in [0.2, 0.25) is 0 Å². The highest BCUT2D eigenvalue weighted by molar-refractivity contribution is 5.79. The van der Waals surface area contributed by atoms with E-state index in [9.17, 15) is 4.79 Å². The zero-order chi connectivity index (χ0) is 13.0. The van der Waals surface area contributed by atoms with Crippen LogP contribution in [-0.4, -0.2) is 23.4 Å². The Kier molecular flexibility index (Phi) is 4.40. The van der Waals surface area contributed by atoms with E-state index in [1.807, 2.05) is 0 Å². The molecule has 1 fully saturated rings. The van der Waals surface area contributed by atoms with Crippen LogP contribution in [0.5, 0.6) is 0 Å². The van der Waals surface area contributed by atoms with Crippen LogP contribution in [0, 0.1) is 0 Å². The van der Waals surface area contributed by atoms with E-state index >= 15 is 0 Å². The Bertz CT molecular complexity index is 413. The third-order valence-corrected chi connectivity index (χ3v) is 3.92. The number of hydrogen-bond donors (Lipinski definition) is 0. The largest absolute Gasteiger partial charge is 0.339 e. The van der Waals surface area contributed by atoms with Crippen LogP contribution in [-0.2, 0) is 17.6 Å². The van der Waals surface area contributed by atoms with E-state index < -0.39 is 0 Å². The molecule has 0 aliphatic carbocycles. The molecule has 0 radical (unpaired) electrons. The Balaban J connectivity index is 2.02. The van der Waals surface area contributed by atoms with Crippen molar-refractivity contribution >= 4 is 5.91 Å². The quantitative estimate of drug-likeness (QED) is 0.797. The van der Waals surface area contributed by atoms with Gasteiger partial charge in [0, 0.05) is 12.6 Å². The minimum absolute atomic E-state index is 0.299. The van der Waals surface area contributed by atoms with Gasteiger partial charge in [0.15, 0.2) is 0 Å². The molecule has 0 saturated carbocycles. The average molecular weight is 245 g/mol. The maximum absolute atomic E-state index is 12.3. The number of aryl methyl sites for hydroxylation is 1. The zero-order valence-corrected chi connectivity index (χ0v) is 11.5. The summed E-state index contributed by atoms with van der Waals surface area (Å²) in [6, 6.07) is 8.89. The van der Waals surface area contributed by atoms with Gasteiger partial charge in [-0.3, -0.25) is 4.79 Å². The second-order valence-electron chi connectivity index (χ2n) is 5.14. The summed E-state index contributed by atoms with van der Waals surface area (Å²) in [4.78, 5) is 14.4. The number of hydrogen-bond acceptors (Lipinski definition) is 1. The van der Waals surface area contributed by atoms with Crippen molar-refractivity contribution in [1.29, 1.82) is 0 Å². The lowest BCUT2D eigenvalue weighted by Gasteiger charge is -2.23. The summed E-state index contributed by atoms with van der Waals surface area (Å²) in [5.41, 5.74) is 2.47. The topological polar surface area (TPSA) is 20.3 Å². The van der Waals surface area contributed by atoms with Gasteiger partial charge in [-0.15, -0.1) is 0 Å². The van der Waals surface area contributed by atoms with Crippen molar-refractivity contribution in [2.24, 2.45) is 0 Å². The summed E-state index contributed by atoms with van der Waals surface area (Å²) in [5, 5.41) is 0. The molecule has 1 heterocycles. The van der Waals surface area contributed by atoms with E-state index in [1.54, 1.807) is 0 Å². The maximum atomic E-state index is 12.3. The summed E-state index contributed by atoms with van der Waals surface area (Å²) in [6.07, 6.45) is 5.02. The lowest BCUT2D eigenvalue weighted by molar-refractivity contribution is -0.131. The molecular weight excluding hydrogens is 222 g/mol. The molecule has 1 aromatic carbocycles. The fourth-order valence-electron chi connectivity index (χ4n) is 2.82. The average Bonchev–Trinajstić information content (AvgIpc) is 2.87. The summed E-state index contributed by atoms with van der Waals surface area (Å²) in [7, 11) is 0. The minimum atomic E-state index is 0.299. The highest BCUT2D eigenvalue weighted by atomic mass is 16.2. The first-order valence-corrected chi connectivity index (χ1v) is 7.11. The monoisotopic (exact) mass is 245 g/mol. The molecule has 2 rings (SSSR count). The fourth-order valence-corrected chi connectivity index (χ4v) is 2.82. The third-order valence-electron chi connectivity index (χ3n) is 3.92. The summed E-state index contributed by atoms with van der Waals surface area (Å²) >= 11 is 0. The molecule has 1 amide bonds. The Morgan fingerprint density at radius 2 is 2.11 bits per heavy atom. The van der Waals surface area contributed by atoms with Gasteiger partial charge in [0.2, 0.25) is 5.91 Å². The molecule has 1 saturated heterocycles. The number of amides is 1. The Labute approximate surface area is 110 Å². The SMILES string of the molecule is CCc1cccc(CC(=O)N2CCCC2CC)c1. The minimum Gasteiger partial charge on any atom is -0.339 e. The summed E-state index contributed by atoms with van der Waals surface area (Å²) in [6.45, 7) is 5.27. The van der Waals surface area contributed by atoms with Gasteiger partial charge in [-0.1, -0.05) is 38.1 Å². The van der Waals surface area contributed by atoms with Crippen LogP contribution in [0.15, 0.2) is 24.3 Å². The van der Waals surface area contributed by atoms with E-state index in [-0.39, 0.29) is 0 Å². The van der Waals surface area contributed by atoms with Crippen molar-refractivity contribution < 1.29 is 4.79 Å². The van der Waals surface area contributed by atoms with Gasteiger partial charge in [0.1, 0.15) is 0 Å². The molecule has 2 nitrogen and oxygen atoms in total. The molecule has 2 heteroatoms. The predicted molar refractivity (Wildman–Crippen MR) is 74.6 cm³/mol. The Morgan fingerprint density at radius 3 is 2.83 bits per heavy atom. The number of nitrogens with zero attached hydrogens (tertiary/aromatic N) is 1. The molecule has 0 aromatic heterocycles. The number of benzene rings is 1. The standard InChI is InChI=1S/C16H23NO/c1-3-13-7-5-8-14(11-13)12-16(18)17-10-6-9-15(17)4-2/h5,7-8,11,15H,3-4,6,9-10,12H2,1-2H3. The van der Waals surface area contributed by atoms with Crippen molar-refractivity contribution in [3.8, 4) is 0 Å². The van der Waals surface area contributed by atoms with E-state index in [1.165, 1.54) is 18.4 Å². The number of carbonyl (C=O) groups excluding carboxylic acids is 1. The number of carbonyl (C=O) groups is 1. The lowest BCUT2D eigenvalue weighted by Crippen LogP contribution is -2.36. The van der Waals surface area contributed by atoms with E-state index in [4.69, 9.17) is 0 Å². The van der Waals surface area contributed by atoms with Crippen LogP contribution in [0.4, 0.5) is 0 Å². The smallest absolute Gasteiger partial charge is 0.227 e. The van der Waals surface area contributed by atoms with Crippen LogP contribution >= 0.6 is 0 Å². The summed E-state index contributed by atoms with van der Waals surface area (Å²) < 4.78 is 0. The van der Waals surface area contributed by atoms with Crippen LogP contribution in [0.1, 0.15) is 44.2 Å². The molecule has 0 spiro atoms.